The average molecular weight is 430 g/mol. The number of unbranched alkanes of at least 4 members (excludes halogenated alkanes) is 1. The van der Waals surface area contributed by atoms with E-state index in [0.29, 0.717) is 32.2 Å². The van der Waals surface area contributed by atoms with Crippen molar-refractivity contribution in [2.24, 2.45) is 17.4 Å². The van der Waals surface area contributed by atoms with Gasteiger partial charge < -0.3 is 37.2 Å². The lowest BCUT2D eigenvalue weighted by molar-refractivity contribution is -0.146. The molecule has 4 unspecified atom stereocenters. The molecule has 0 saturated carbocycles. The third-order valence-electron chi connectivity index (χ3n) is 5.17. The second-order valence-corrected chi connectivity index (χ2v) is 7.89. The number of nitrogens with one attached hydrogen (secondary N) is 2. The second-order valence-electron chi connectivity index (χ2n) is 7.89. The van der Waals surface area contributed by atoms with Gasteiger partial charge in [-0.3, -0.25) is 14.4 Å². The lowest BCUT2D eigenvalue weighted by atomic mass is 10.0. The maximum atomic E-state index is 12.9. The van der Waals surface area contributed by atoms with Crippen LogP contribution in [0.2, 0.25) is 0 Å². The van der Waals surface area contributed by atoms with Crippen LogP contribution in [-0.4, -0.2) is 82.7 Å². The maximum absolute atomic E-state index is 12.9. The highest BCUT2D eigenvalue weighted by Crippen LogP contribution is 2.19. The standard InChI is InChI=1S/C19H35N5O6/c1-11(2)15(19(29)30)23-17(27)14-7-5-9-24(14)18(28)13(10-25)22-16(26)12(21)6-3-4-8-20/h11-15,25H,3-10,20-21H2,1-2H3,(H,22,26)(H,23,27)(H,29,30). The van der Waals surface area contributed by atoms with Gasteiger partial charge in [-0.2, -0.15) is 0 Å². The molecule has 0 aromatic carbocycles. The Morgan fingerprint density at radius 1 is 1.17 bits per heavy atom. The smallest absolute Gasteiger partial charge is 0.326 e. The number of carboxylic acids is 1. The Morgan fingerprint density at radius 2 is 1.83 bits per heavy atom. The number of carboxylic acid groups (broad SMARTS) is 1. The maximum Gasteiger partial charge on any atom is 0.326 e. The van der Waals surface area contributed by atoms with Crippen LogP contribution < -0.4 is 22.1 Å². The lowest BCUT2D eigenvalue weighted by Gasteiger charge is -2.29. The average Bonchev–Trinajstić information content (AvgIpc) is 3.18. The normalized spacial score (nSPS) is 19.3. The van der Waals surface area contributed by atoms with Crippen LogP contribution in [0.3, 0.4) is 0 Å². The molecule has 11 heteroatoms. The Morgan fingerprint density at radius 3 is 2.37 bits per heavy atom. The summed E-state index contributed by atoms with van der Waals surface area (Å²) in [5.41, 5.74) is 11.2. The van der Waals surface area contributed by atoms with E-state index in [1.165, 1.54) is 4.90 Å². The van der Waals surface area contributed by atoms with Gasteiger partial charge in [0, 0.05) is 6.54 Å². The van der Waals surface area contributed by atoms with Gasteiger partial charge in [0.2, 0.25) is 17.7 Å². The van der Waals surface area contributed by atoms with Crippen molar-refractivity contribution in [1.29, 1.82) is 0 Å². The Labute approximate surface area is 176 Å². The largest absolute Gasteiger partial charge is 0.480 e. The molecule has 0 spiro atoms. The fourth-order valence-corrected chi connectivity index (χ4v) is 3.37. The minimum atomic E-state index is -1.23. The first-order valence-electron chi connectivity index (χ1n) is 10.3. The predicted molar refractivity (Wildman–Crippen MR) is 109 cm³/mol. The summed E-state index contributed by atoms with van der Waals surface area (Å²) >= 11 is 0. The summed E-state index contributed by atoms with van der Waals surface area (Å²) in [6.07, 6.45) is 2.70. The molecule has 1 rings (SSSR count). The molecule has 0 bridgehead atoms. The van der Waals surface area contributed by atoms with E-state index in [-0.39, 0.29) is 12.5 Å². The summed E-state index contributed by atoms with van der Waals surface area (Å²) in [6, 6.07) is -4.00. The van der Waals surface area contributed by atoms with Gasteiger partial charge in [0.25, 0.3) is 0 Å². The molecule has 1 aliphatic heterocycles. The third-order valence-corrected chi connectivity index (χ3v) is 5.17. The van der Waals surface area contributed by atoms with E-state index in [4.69, 9.17) is 11.5 Å². The van der Waals surface area contributed by atoms with Crippen molar-refractivity contribution in [3.63, 3.8) is 0 Å². The molecule has 0 aromatic rings. The van der Waals surface area contributed by atoms with Crippen molar-refractivity contribution in [2.75, 3.05) is 19.7 Å². The Bertz CT molecular complexity index is 614. The van der Waals surface area contributed by atoms with Crippen LogP contribution in [0.4, 0.5) is 0 Å². The third kappa shape index (κ3) is 7.22. The SMILES string of the molecule is CC(C)C(NC(=O)C1CCCN1C(=O)C(CO)NC(=O)C(N)CCCCN)C(=O)O. The van der Waals surface area contributed by atoms with Gasteiger partial charge in [0.05, 0.1) is 12.6 Å². The molecular weight excluding hydrogens is 394 g/mol. The van der Waals surface area contributed by atoms with Crippen LogP contribution in [0.25, 0.3) is 0 Å². The van der Waals surface area contributed by atoms with E-state index in [0.717, 1.165) is 6.42 Å². The quantitative estimate of drug-likeness (QED) is 0.195. The first kappa shape index (κ1) is 25.8. The van der Waals surface area contributed by atoms with Crippen molar-refractivity contribution in [3.05, 3.63) is 0 Å². The van der Waals surface area contributed by atoms with Gasteiger partial charge in [-0.25, -0.2) is 4.79 Å². The Balaban J connectivity index is 2.77. The van der Waals surface area contributed by atoms with E-state index in [9.17, 15) is 29.4 Å². The number of likely N-dealkylation sites (tertiary alicyclic amines) is 1. The number of rotatable bonds is 12. The Kier molecular flexibility index (Phi) is 10.7. The highest BCUT2D eigenvalue weighted by atomic mass is 16.4. The highest BCUT2D eigenvalue weighted by Gasteiger charge is 2.39. The molecular formula is C19H35N5O6. The predicted octanol–water partition coefficient (Wildman–Crippen LogP) is -1.86. The van der Waals surface area contributed by atoms with E-state index in [2.05, 4.69) is 10.6 Å². The number of carbonyl (C=O) groups is 4. The van der Waals surface area contributed by atoms with Crippen molar-refractivity contribution in [3.8, 4) is 0 Å². The van der Waals surface area contributed by atoms with E-state index >= 15 is 0 Å². The van der Waals surface area contributed by atoms with E-state index < -0.39 is 54.5 Å². The van der Waals surface area contributed by atoms with Gasteiger partial charge in [0.1, 0.15) is 18.1 Å². The number of aliphatic carboxylic acids is 1. The zero-order valence-corrected chi connectivity index (χ0v) is 17.7. The molecule has 30 heavy (non-hydrogen) atoms. The number of amides is 3. The minimum Gasteiger partial charge on any atom is -0.480 e. The van der Waals surface area contributed by atoms with E-state index in [1.54, 1.807) is 13.8 Å². The summed E-state index contributed by atoms with van der Waals surface area (Å²) < 4.78 is 0. The molecule has 1 saturated heterocycles. The first-order valence-corrected chi connectivity index (χ1v) is 10.3. The number of hydrogen-bond acceptors (Lipinski definition) is 7. The van der Waals surface area contributed by atoms with Gasteiger partial charge in [-0.05, 0) is 38.1 Å². The van der Waals surface area contributed by atoms with Gasteiger partial charge in [-0.1, -0.05) is 20.3 Å². The van der Waals surface area contributed by atoms with Crippen LogP contribution in [0.5, 0.6) is 0 Å². The zero-order valence-electron chi connectivity index (χ0n) is 17.7. The summed E-state index contributed by atoms with van der Waals surface area (Å²) in [6.45, 7) is 3.46. The molecule has 0 radical (unpaired) electrons. The van der Waals surface area contributed by atoms with Gasteiger partial charge in [-0.15, -0.1) is 0 Å². The van der Waals surface area contributed by atoms with Crippen LogP contribution in [0.15, 0.2) is 0 Å². The van der Waals surface area contributed by atoms with E-state index in [1.807, 2.05) is 0 Å². The second kappa shape index (κ2) is 12.5. The van der Waals surface area contributed by atoms with Crippen LogP contribution in [-0.2, 0) is 19.2 Å². The molecule has 8 N–H and O–H groups in total. The highest BCUT2D eigenvalue weighted by molar-refractivity contribution is 5.94. The number of carbonyl (C=O) groups excluding carboxylic acids is 3. The number of aliphatic hydroxyl groups is 1. The van der Waals surface area contributed by atoms with Crippen LogP contribution >= 0.6 is 0 Å². The summed E-state index contributed by atoms with van der Waals surface area (Å²) in [7, 11) is 0. The molecule has 1 aliphatic rings. The van der Waals surface area contributed by atoms with Gasteiger partial charge in [0.15, 0.2) is 0 Å². The topological polar surface area (TPSA) is 188 Å². The van der Waals surface area contributed by atoms with Crippen LogP contribution in [0.1, 0.15) is 46.0 Å². The van der Waals surface area contributed by atoms with Crippen molar-refractivity contribution in [1.82, 2.24) is 15.5 Å². The molecule has 4 atom stereocenters. The fourth-order valence-electron chi connectivity index (χ4n) is 3.37. The monoisotopic (exact) mass is 429 g/mol. The van der Waals surface area contributed by atoms with Crippen molar-refractivity contribution < 1.29 is 29.4 Å². The fraction of sp³-hybridized carbons (Fsp3) is 0.789. The number of aliphatic hydroxyl groups excluding tert-OH is 1. The number of nitrogens with zero attached hydrogens (tertiary/aromatic N) is 1. The molecule has 3 amide bonds. The molecule has 172 valence electrons. The van der Waals surface area contributed by atoms with Crippen molar-refractivity contribution >= 4 is 23.7 Å². The first-order chi connectivity index (χ1) is 14.1. The molecule has 0 aliphatic carbocycles. The molecule has 1 fully saturated rings. The minimum absolute atomic E-state index is 0.269. The van der Waals surface area contributed by atoms with Gasteiger partial charge >= 0.3 is 5.97 Å². The van der Waals surface area contributed by atoms with Crippen molar-refractivity contribution in [2.45, 2.75) is 70.1 Å². The molecule has 1 heterocycles. The Hall–Kier alpha value is -2.24. The lowest BCUT2D eigenvalue weighted by Crippen LogP contribution is -2.58. The number of nitrogens with two attached hydrogens (primary N) is 2. The molecule has 0 aromatic heterocycles. The number of hydrogen-bond donors (Lipinski definition) is 6. The zero-order chi connectivity index (χ0) is 22.8. The summed E-state index contributed by atoms with van der Waals surface area (Å²) in [4.78, 5) is 50.3. The summed E-state index contributed by atoms with van der Waals surface area (Å²) in [5.74, 6) is -3.22. The van der Waals surface area contributed by atoms with Crippen LogP contribution in [0, 0.1) is 5.92 Å². The molecule has 11 nitrogen and oxygen atoms in total. The summed E-state index contributed by atoms with van der Waals surface area (Å²) in [5, 5.41) is 23.8.